The summed E-state index contributed by atoms with van der Waals surface area (Å²) in [5, 5.41) is 18.4. The Hall–Kier alpha value is -1.59. The number of benzene rings is 1. The number of hydrogen-bond donors (Lipinski definition) is 2. The van der Waals surface area contributed by atoms with Gasteiger partial charge in [0.15, 0.2) is 0 Å². The predicted molar refractivity (Wildman–Crippen MR) is 83.3 cm³/mol. The molecule has 0 saturated carbocycles. The molecule has 5 nitrogen and oxygen atoms in total. The zero-order valence-electron chi connectivity index (χ0n) is 12.9. The van der Waals surface area contributed by atoms with E-state index in [9.17, 15) is 15.0 Å². The number of amides is 1. The Morgan fingerprint density at radius 1 is 1.09 bits per heavy atom. The lowest BCUT2D eigenvalue weighted by Gasteiger charge is -2.41. The van der Waals surface area contributed by atoms with E-state index in [2.05, 4.69) is 0 Å². The lowest BCUT2D eigenvalue weighted by Crippen LogP contribution is -2.44. The lowest BCUT2D eigenvalue weighted by molar-refractivity contribution is 0.0382. The fourth-order valence-corrected chi connectivity index (χ4v) is 3.07. The minimum Gasteiger partial charge on any atom is -0.445 e. The van der Waals surface area contributed by atoms with Crippen molar-refractivity contribution in [2.75, 3.05) is 26.3 Å². The van der Waals surface area contributed by atoms with Crippen LogP contribution in [0.2, 0.25) is 0 Å². The zero-order valence-corrected chi connectivity index (χ0v) is 12.9. The van der Waals surface area contributed by atoms with Gasteiger partial charge >= 0.3 is 6.09 Å². The Balaban J connectivity index is 1.81. The van der Waals surface area contributed by atoms with Gasteiger partial charge < -0.3 is 19.8 Å². The maximum Gasteiger partial charge on any atom is 0.410 e. The van der Waals surface area contributed by atoms with Gasteiger partial charge in [-0.15, -0.1) is 0 Å². The molecule has 1 fully saturated rings. The summed E-state index contributed by atoms with van der Waals surface area (Å²) >= 11 is 0. The molecular formula is C17H25NO4. The third kappa shape index (κ3) is 4.45. The van der Waals surface area contributed by atoms with Gasteiger partial charge in [-0.2, -0.15) is 0 Å². The Labute approximate surface area is 131 Å². The van der Waals surface area contributed by atoms with Crippen LogP contribution in [0.25, 0.3) is 0 Å². The first-order chi connectivity index (χ1) is 10.7. The Morgan fingerprint density at radius 2 is 1.68 bits per heavy atom. The second-order valence-corrected chi connectivity index (χ2v) is 5.97. The number of likely N-dealkylation sites (tertiary alicyclic amines) is 1. The third-order valence-corrected chi connectivity index (χ3v) is 4.57. The van der Waals surface area contributed by atoms with E-state index in [4.69, 9.17) is 4.74 Å². The Morgan fingerprint density at radius 3 is 2.23 bits per heavy atom. The van der Waals surface area contributed by atoms with Crippen molar-refractivity contribution in [3.05, 3.63) is 35.9 Å². The van der Waals surface area contributed by atoms with E-state index in [0.717, 1.165) is 18.4 Å². The fourth-order valence-electron chi connectivity index (χ4n) is 3.07. The van der Waals surface area contributed by atoms with E-state index < -0.39 is 0 Å². The minimum atomic E-state index is -0.287. The molecule has 1 saturated heterocycles. The topological polar surface area (TPSA) is 70.0 Å². The van der Waals surface area contributed by atoms with Crippen molar-refractivity contribution in [2.45, 2.75) is 32.3 Å². The van der Waals surface area contributed by atoms with Crippen LogP contribution in [-0.2, 0) is 11.3 Å². The molecule has 0 spiro atoms. The number of nitrogens with zero attached hydrogens (tertiary/aromatic N) is 1. The smallest absolute Gasteiger partial charge is 0.410 e. The average molecular weight is 307 g/mol. The highest BCUT2D eigenvalue weighted by Crippen LogP contribution is 2.38. The monoisotopic (exact) mass is 307 g/mol. The molecular weight excluding hydrogens is 282 g/mol. The number of carbonyl (C=O) groups is 1. The SMILES string of the molecule is O=C(OCc1ccccc1)N1CCC(CCO)(CCO)CC1. The molecule has 1 heterocycles. The molecule has 2 N–H and O–H groups in total. The highest BCUT2D eigenvalue weighted by Gasteiger charge is 2.35. The average Bonchev–Trinajstić information content (AvgIpc) is 2.55. The molecule has 5 heteroatoms. The summed E-state index contributed by atoms with van der Waals surface area (Å²) in [7, 11) is 0. The first-order valence-corrected chi connectivity index (χ1v) is 7.86. The highest BCUT2D eigenvalue weighted by atomic mass is 16.6. The Bertz CT molecular complexity index is 447. The third-order valence-electron chi connectivity index (χ3n) is 4.57. The number of carbonyl (C=O) groups excluding carboxylic acids is 1. The van der Waals surface area contributed by atoms with Crippen LogP contribution in [0.4, 0.5) is 4.79 Å². The lowest BCUT2D eigenvalue weighted by atomic mass is 9.73. The maximum absolute atomic E-state index is 12.1. The van der Waals surface area contributed by atoms with Crippen molar-refractivity contribution in [2.24, 2.45) is 5.41 Å². The maximum atomic E-state index is 12.1. The molecule has 0 atom stereocenters. The van der Waals surface area contributed by atoms with Crippen molar-refractivity contribution >= 4 is 6.09 Å². The number of hydrogen-bond acceptors (Lipinski definition) is 4. The summed E-state index contributed by atoms with van der Waals surface area (Å²) in [6, 6.07) is 9.62. The van der Waals surface area contributed by atoms with E-state index in [-0.39, 0.29) is 31.3 Å². The molecule has 0 aromatic heterocycles. The molecule has 0 radical (unpaired) electrons. The molecule has 0 bridgehead atoms. The van der Waals surface area contributed by atoms with Crippen LogP contribution in [-0.4, -0.2) is 47.5 Å². The van der Waals surface area contributed by atoms with Crippen LogP contribution in [0.5, 0.6) is 0 Å². The summed E-state index contributed by atoms with van der Waals surface area (Å²) in [5.41, 5.74) is 0.933. The summed E-state index contributed by atoms with van der Waals surface area (Å²) in [5.74, 6) is 0. The van der Waals surface area contributed by atoms with Crippen molar-refractivity contribution in [1.82, 2.24) is 4.90 Å². The summed E-state index contributed by atoms with van der Waals surface area (Å²) in [6.45, 7) is 1.77. The first-order valence-electron chi connectivity index (χ1n) is 7.86. The van der Waals surface area contributed by atoms with E-state index in [1.54, 1.807) is 4.90 Å². The number of ether oxygens (including phenoxy) is 1. The van der Waals surface area contributed by atoms with Crippen molar-refractivity contribution in [3.63, 3.8) is 0 Å². The van der Waals surface area contributed by atoms with E-state index in [1.807, 2.05) is 30.3 Å². The van der Waals surface area contributed by atoms with Crippen molar-refractivity contribution in [1.29, 1.82) is 0 Å². The first kappa shape index (κ1) is 16.8. The van der Waals surface area contributed by atoms with E-state index in [1.165, 1.54) is 0 Å². The summed E-state index contributed by atoms with van der Waals surface area (Å²) in [4.78, 5) is 13.8. The molecule has 1 amide bonds. The van der Waals surface area contributed by atoms with Crippen LogP contribution in [0.15, 0.2) is 30.3 Å². The summed E-state index contributed by atoms with van der Waals surface area (Å²) < 4.78 is 5.34. The molecule has 122 valence electrons. The van der Waals surface area contributed by atoms with Crippen molar-refractivity contribution < 1.29 is 19.7 Å². The van der Waals surface area contributed by atoms with Crippen LogP contribution < -0.4 is 0 Å². The van der Waals surface area contributed by atoms with E-state index in [0.29, 0.717) is 25.9 Å². The normalized spacial score (nSPS) is 17.3. The van der Waals surface area contributed by atoms with Gasteiger partial charge in [-0.05, 0) is 36.7 Å². The van der Waals surface area contributed by atoms with Crippen LogP contribution >= 0.6 is 0 Å². The Kier molecular flexibility index (Phi) is 6.21. The standard InChI is InChI=1S/C17H25NO4/c19-12-8-17(9-13-20)6-10-18(11-7-17)16(21)22-14-15-4-2-1-3-5-15/h1-5,19-20H,6-14H2. The number of aliphatic hydroxyl groups is 2. The van der Waals surface area contributed by atoms with Crippen molar-refractivity contribution in [3.8, 4) is 0 Å². The van der Waals surface area contributed by atoms with E-state index >= 15 is 0 Å². The highest BCUT2D eigenvalue weighted by molar-refractivity contribution is 5.67. The molecule has 1 aromatic rings. The number of aliphatic hydroxyl groups excluding tert-OH is 2. The quantitative estimate of drug-likeness (QED) is 0.845. The predicted octanol–water partition coefficient (Wildman–Crippen LogP) is 2.17. The second kappa shape index (κ2) is 8.15. The second-order valence-electron chi connectivity index (χ2n) is 5.97. The van der Waals surface area contributed by atoms with Gasteiger partial charge in [-0.25, -0.2) is 4.79 Å². The molecule has 1 aromatic carbocycles. The molecule has 22 heavy (non-hydrogen) atoms. The minimum absolute atomic E-state index is 0.0420. The number of rotatable bonds is 6. The fraction of sp³-hybridized carbons (Fsp3) is 0.588. The molecule has 0 aliphatic carbocycles. The molecule has 1 aliphatic heterocycles. The zero-order chi connectivity index (χ0) is 15.8. The van der Waals surface area contributed by atoms with Crippen LogP contribution in [0.1, 0.15) is 31.2 Å². The largest absolute Gasteiger partial charge is 0.445 e. The molecule has 0 unspecified atom stereocenters. The van der Waals surface area contributed by atoms with Crippen LogP contribution in [0, 0.1) is 5.41 Å². The van der Waals surface area contributed by atoms with Crippen LogP contribution in [0.3, 0.4) is 0 Å². The number of piperidine rings is 1. The van der Waals surface area contributed by atoms with Gasteiger partial charge in [0.2, 0.25) is 0 Å². The van der Waals surface area contributed by atoms with Gasteiger partial charge in [0.1, 0.15) is 6.61 Å². The van der Waals surface area contributed by atoms with Gasteiger partial charge in [0.25, 0.3) is 0 Å². The molecule has 1 aliphatic rings. The van der Waals surface area contributed by atoms with Gasteiger partial charge in [-0.3, -0.25) is 0 Å². The summed E-state index contributed by atoms with van der Waals surface area (Å²) in [6.07, 6.45) is 2.68. The van der Waals surface area contributed by atoms with Gasteiger partial charge in [0.05, 0.1) is 0 Å². The molecule has 2 rings (SSSR count). The van der Waals surface area contributed by atoms with Gasteiger partial charge in [0, 0.05) is 26.3 Å². The van der Waals surface area contributed by atoms with Gasteiger partial charge in [-0.1, -0.05) is 30.3 Å².